The van der Waals surface area contributed by atoms with E-state index in [1.165, 1.54) is 116 Å². The SMILES string of the molecule is CC1(C)c2ccccc2-c2ccc(-c3c4ccc(N5CCCc6ccccc65)cc4c(C4=CC=CCC4c4cccc5ccccc45)c4ccc(N5CCCc6ccccc65)cc34)cc21. The minimum absolute atomic E-state index is 0.115. The van der Waals surface area contributed by atoms with E-state index < -0.39 is 0 Å². The number of nitrogens with zero attached hydrogens (tertiary/aromatic N) is 2. The number of allylic oxidation sites excluding steroid dienone is 4. The normalized spacial score (nSPS) is 17.2. The minimum atomic E-state index is -0.115. The van der Waals surface area contributed by atoms with Crippen LogP contribution in [0, 0.1) is 0 Å². The second-order valence-electron chi connectivity index (χ2n) is 19.3. The summed E-state index contributed by atoms with van der Waals surface area (Å²) in [6.07, 6.45) is 12.6. The lowest BCUT2D eigenvalue weighted by Gasteiger charge is -2.33. The van der Waals surface area contributed by atoms with Crippen LogP contribution in [0.5, 0.6) is 0 Å². The second kappa shape index (κ2) is 15.0. The predicted octanol–water partition coefficient (Wildman–Crippen LogP) is 16.4. The molecule has 1 unspecified atom stereocenters. The van der Waals surface area contributed by atoms with E-state index in [2.05, 4.69) is 212 Å². The Kier molecular flexibility index (Phi) is 8.82. The van der Waals surface area contributed by atoms with Gasteiger partial charge in [-0.3, -0.25) is 0 Å². The van der Waals surface area contributed by atoms with Gasteiger partial charge in [0.15, 0.2) is 0 Å². The number of fused-ring (bicyclic) bond motifs is 8. The Labute approximate surface area is 382 Å². The van der Waals surface area contributed by atoms with Crippen molar-refractivity contribution in [2.24, 2.45) is 0 Å². The molecule has 0 spiro atoms. The van der Waals surface area contributed by atoms with Crippen LogP contribution in [-0.4, -0.2) is 13.1 Å². The first kappa shape index (κ1) is 38.3. The van der Waals surface area contributed by atoms with E-state index in [4.69, 9.17) is 0 Å². The lowest BCUT2D eigenvalue weighted by atomic mass is 9.76. The lowest BCUT2D eigenvalue weighted by molar-refractivity contribution is 0.660. The van der Waals surface area contributed by atoms with Crippen molar-refractivity contribution in [2.75, 3.05) is 22.9 Å². The highest BCUT2D eigenvalue weighted by Gasteiger charge is 2.36. The monoisotopic (exact) mass is 836 g/mol. The van der Waals surface area contributed by atoms with Crippen LogP contribution in [0.3, 0.4) is 0 Å². The van der Waals surface area contributed by atoms with Crippen molar-refractivity contribution in [3.63, 3.8) is 0 Å². The zero-order chi connectivity index (χ0) is 43.2. The van der Waals surface area contributed by atoms with Gasteiger partial charge in [-0.2, -0.15) is 0 Å². The molecule has 0 N–H and O–H groups in total. The van der Waals surface area contributed by atoms with Gasteiger partial charge in [-0.15, -0.1) is 0 Å². The molecule has 2 heteroatoms. The van der Waals surface area contributed by atoms with Gasteiger partial charge in [0, 0.05) is 47.2 Å². The van der Waals surface area contributed by atoms with E-state index in [0.717, 1.165) is 45.2 Å². The topological polar surface area (TPSA) is 6.48 Å². The first-order chi connectivity index (χ1) is 32.0. The summed E-state index contributed by atoms with van der Waals surface area (Å²) < 4.78 is 0. The summed E-state index contributed by atoms with van der Waals surface area (Å²) in [6.45, 7) is 6.82. The van der Waals surface area contributed by atoms with Crippen molar-refractivity contribution in [3.8, 4) is 22.3 Å². The summed E-state index contributed by atoms with van der Waals surface area (Å²) >= 11 is 0. The number of hydrogen-bond donors (Lipinski definition) is 0. The molecular weight excluding hydrogens is 785 g/mol. The molecule has 1 atom stereocenters. The molecule has 65 heavy (non-hydrogen) atoms. The molecule has 9 aromatic carbocycles. The maximum atomic E-state index is 2.58. The van der Waals surface area contributed by atoms with Crippen LogP contribution >= 0.6 is 0 Å². The van der Waals surface area contributed by atoms with Gasteiger partial charge in [-0.1, -0.05) is 159 Å². The maximum absolute atomic E-state index is 2.58. The highest BCUT2D eigenvalue weighted by atomic mass is 15.1. The van der Waals surface area contributed by atoms with Crippen molar-refractivity contribution in [1.29, 1.82) is 0 Å². The van der Waals surface area contributed by atoms with Crippen molar-refractivity contribution >= 4 is 60.6 Å². The summed E-state index contributed by atoms with van der Waals surface area (Å²) in [4.78, 5) is 5.15. The van der Waals surface area contributed by atoms with Gasteiger partial charge in [0.2, 0.25) is 0 Å². The molecule has 0 aromatic heterocycles. The first-order valence-corrected chi connectivity index (χ1v) is 23.9. The quantitative estimate of drug-likeness (QED) is 0.159. The predicted molar refractivity (Wildman–Crippen MR) is 276 cm³/mol. The van der Waals surface area contributed by atoms with Crippen molar-refractivity contribution in [2.45, 2.75) is 57.3 Å². The van der Waals surface area contributed by atoms with E-state index in [1.807, 2.05) is 0 Å². The molecule has 0 saturated carbocycles. The molecular formula is C63H52N2. The number of para-hydroxylation sites is 2. The second-order valence-corrected chi connectivity index (χ2v) is 19.3. The number of rotatable bonds is 5. The molecule has 0 amide bonds. The van der Waals surface area contributed by atoms with E-state index in [0.29, 0.717) is 0 Å². The molecule has 0 radical (unpaired) electrons. The molecule has 2 nitrogen and oxygen atoms in total. The van der Waals surface area contributed by atoms with Crippen LogP contribution in [0.25, 0.3) is 60.1 Å². The number of benzene rings is 9. The molecule has 0 saturated heterocycles. The first-order valence-electron chi connectivity index (χ1n) is 23.9. The molecule has 4 aliphatic rings. The van der Waals surface area contributed by atoms with Gasteiger partial charge in [0.05, 0.1) is 0 Å². The van der Waals surface area contributed by atoms with Crippen molar-refractivity contribution in [1.82, 2.24) is 0 Å². The van der Waals surface area contributed by atoms with Gasteiger partial charge in [0.25, 0.3) is 0 Å². The third-order valence-electron chi connectivity index (χ3n) is 15.4. The Balaban J connectivity index is 1.12. The minimum Gasteiger partial charge on any atom is -0.341 e. The van der Waals surface area contributed by atoms with Crippen LogP contribution in [0.1, 0.15) is 72.4 Å². The van der Waals surface area contributed by atoms with Gasteiger partial charge in [0.1, 0.15) is 0 Å². The zero-order valence-corrected chi connectivity index (χ0v) is 37.3. The Morgan fingerprint density at radius 2 is 1.11 bits per heavy atom. The molecule has 0 bridgehead atoms. The Morgan fingerprint density at radius 3 is 1.86 bits per heavy atom. The molecule has 314 valence electrons. The highest BCUT2D eigenvalue weighted by molar-refractivity contribution is 6.21. The summed E-state index contributed by atoms with van der Waals surface area (Å²) in [6, 6.07) is 65.2. The summed E-state index contributed by atoms with van der Waals surface area (Å²) in [5.41, 5.74) is 20.2. The van der Waals surface area contributed by atoms with Crippen LogP contribution < -0.4 is 9.80 Å². The van der Waals surface area contributed by atoms with E-state index in [-0.39, 0.29) is 11.3 Å². The molecule has 2 heterocycles. The van der Waals surface area contributed by atoms with Gasteiger partial charge in [-0.05, 0) is 168 Å². The number of aryl methyl sites for hydroxylation is 2. The smallest absolute Gasteiger partial charge is 0.0443 e. The average molecular weight is 837 g/mol. The van der Waals surface area contributed by atoms with Gasteiger partial charge < -0.3 is 9.80 Å². The van der Waals surface area contributed by atoms with Gasteiger partial charge >= 0.3 is 0 Å². The van der Waals surface area contributed by atoms with Gasteiger partial charge in [-0.25, -0.2) is 0 Å². The fraction of sp³-hybridized carbons (Fsp3) is 0.175. The van der Waals surface area contributed by atoms with Crippen LogP contribution in [0.2, 0.25) is 0 Å². The average Bonchev–Trinajstić information content (AvgIpc) is 3.59. The lowest BCUT2D eigenvalue weighted by Crippen LogP contribution is -2.24. The summed E-state index contributed by atoms with van der Waals surface area (Å²) in [7, 11) is 0. The van der Waals surface area contributed by atoms with Crippen molar-refractivity contribution < 1.29 is 0 Å². The molecule has 13 rings (SSSR count). The summed E-state index contributed by atoms with van der Waals surface area (Å²) in [5, 5.41) is 7.88. The summed E-state index contributed by atoms with van der Waals surface area (Å²) in [5.74, 6) is 0.190. The van der Waals surface area contributed by atoms with E-state index >= 15 is 0 Å². The fourth-order valence-corrected chi connectivity index (χ4v) is 12.4. The fourth-order valence-electron chi connectivity index (χ4n) is 12.4. The number of hydrogen-bond acceptors (Lipinski definition) is 2. The standard InChI is InChI=1S/C63H52N2/c1-63(2)57-27-10-9-24-50(57)51-33-30-44(38-58(51)63)61-53-34-31-46(65-37-15-21-43-18-5-12-29-60(43)65)40-56(53)62(52-25-8-7-23-49(52)48-26-13-19-41-16-3-6-22-47(41)48)54-35-32-45(39-55(54)61)64-36-14-20-42-17-4-11-28-59(42)64/h3-13,16-19,22,24-35,38-40,49H,14-15,20-21,23,36-37H2,1-2H3. The third-order valence-corrected chi connectivity index (χ3v) is 15.4. The Bertz CT molecular complexity index is 3470. The largest absolute Gasteiger partial charge is 0.341 e. The molecule has 2 aliphatic carbocycles. The van der Waals surface area contributed by atoms with Crippen LogP contribution in [0.4, 0.5) is 22.7 Å². The number of anilines is 4. The van der Waals surface area contributed by atoms with E-state index in [1.54, 1.807) is 0 Å². The Hall–Kier alpha value is -7.16. The zero-order valence-electron chi connectivity index (χ0n) is 37.3. The molecule has 0 fully saturated rings. The van der Waals surface area contributed by atoms with Crippen LogP contribution in [-0.2, 0) is 18.3 Å². The van der Waals surface area contributed by atoms with Crippen LogP contribution in [0.15, 0.2) is 188 Å². The van der Waals surface area contributed by atoms with Crippen molar-refractivity contribution in [3.05, 3.63) is 221 Å². The molecule has 2 aliphatic heterocycles. The molecule has 9 aromatic rings. The maximum Gasteiger partial charge on any atom is 0.0443 e. The highest BCUT2D eigenvalue weighted by Crippen LogP contribution is 2.53. The Morgan fingerprint density at radius 1 is 0.492 bits per heavy atom. The van der Waals surface area contributed by atoms with E-state index in [9.17, 15) is 0 Å². The third kappa shape index (κ3) is 6.00.